The van der Waals surface area contributed by atoms with E-state index >= 15 is 0 Å². The van der Waals surface area contributed by atoms with E-state index in [9.17, 15) is 0 Å². The van der Waals surface area contributed by atoms with Gasteiger partial charge in [0.25, 0.3) is 0 Å². The largest absolute Gasteiger partial charge is 0.389 e. The van der Waals surface area contributed by atoms with Gasteiger partial charge in [0, 0.05) is 17.5 Å². The van der Waals surface area contributed by atoms with Crippen LogP contribution in [0.5, 0.6) is 0 Å². The van der Waals surface area contributed by atoms with Crippen molar-refractivity contribution in [3.8, 4) is 0 Å². The smallest absolute Gasteiger partial charge is 0.136 e. The van der Waals surface area contributed by atoms with Gasteiger partial charge in [0.05, 0.1) is 5.56 Å². The third-order valence-electron chi connectivity index (χ3n) is 3.40. The molecule has 0 bridgehead atoms. The van der Waals surface area contributed by atoms with Gasteiger partial charge in [-0.3, -0.25) is 0 Å². The zero-order valence-corrected chi connectivity index (χ0v) is 12.2. The van der Waals surface area contributed by atoms with Crippen LogP contribution in [0.1, 0.15) is 31.2 Å². The van der Waals surface area contributed by atoms with Crippen LogP contribution >= 0.6 is 24.0 Å². The molecule has 2 unspecified atom stereocenters. The second-order valence-electron chi connectivity index (χ2n) is 4.57. The average Bonchev–Trinajstić information content (AvgIpc) is 2.40. The van der Waals surface area contributed by atoms with Crippen molar-refractivity contribution in [2.24, 2.45) is 5.73 Å². The predicted molar refractivity (Wildman–Crippen MR) is 83.3 cm³/mol. The molecule has 1 aliphatic rings. The Morgan fingerprint density at radius 3 is 3.00 bits per heavy atom. The van der Waals surface area contributed by atoms with E-state index in [0.717, 1.165) is 11.4 Å². The molecule has 0 spiro atoms. The van der Waals surface area contributed by atoms with E-state index in [1.165, 1.54) is 25.7 Å². The number of hydrogen-bond donors (Lipinski definition) is 2. The van der Waals surface area contributed by atoms with Gasteiger partial charge in [-0.1, -0.05) is 25.1 Å². The predicted octanol–water partition coefficient (Wildman–Crippen LogP) is 2.80. The van der Waals surface area contributed by atoms with E-state index in [0.29, 0.717) is 16.3 Å². The average molecular weight is 281 g/mol. The molecule has 2 atom stereocenters. The molecule has 1 aromatic heterocycles. The molecule has 1 fully saturated rings. The molecule has 3 nitrogen and oxygen atoms in total. The highest BCUT2D eigenvalue weighted by Crippen LogP contribution is 2.29. The van der Waals surface area contributed by atoms with Crippen LogP contribution in [0.25, 0.3) is 0 Å². The minimum absolute atomic E-state index is 0.405. The molecule has 1 saturated carbocycles. The van der Waals surface area contributed by atoms with Crippen LogP contribution in [0.15, 0.2) is 18.3 Å². The number of rotatable bonds is 4. The Hall–Kier alpha value is -0.810. The zero-order valence-electron chi connectivity index (χ0n) is 10.6. The molecule has 1 heterocycles. The van der Waals surface area contributed by atoms with Crippen molar-refractivity contribution in [3.63, 3.8) is 0 Å². The van der Waals surface area contributed by atoms with Gasteiger partial charge in [-0.05, 0) is 31.2 Å². The van der Waals surface area contributed by atoms with E-state index in [2.05, 4.69) is 16.6 Å². The lowest BCUT2D eigenvalue weighted by Crippen LogP contribution is -2.35. The van der Waals surface area contributed by atoms with E-state index in [4.69, 9.17) is 18.0 Å². The van der Waals surface area contributed by atoms with Gasteiger partial charge in [-0.15, -0.1) is 0 Å². The van der Waals surface area contributed by atoms with Gasteiger partial charge in [0.15, 0.2) is 0 Å². The fourth-order valence-corrected chi connectivity index (χ4v) is 3.54. The highest BCUT2D eigenvalue weighted by molar-refractivity contribution is 7.99. The number of thioether (sulfide) groups is 1. The number of nitrogens with two attached hydrogens (primary N) is 1. The third kappa shape index (κ3) is 3.14. The fourth-order valence-electron chi connectivity index (χ4n) is 2.44. The molecule has 0 amide bonds. The highest BCUT2D eigenvalue weighted by atomic mass is 32.2. The maximum atomic E-state index is 5.73. The summed E-state index contributed by atoms with van der Waals surface area (Å²) in [6.45, 7) is 0. The maximum Gasteiger partial charge on any atom is 0.136 e. The van der Waals surface area contributed by atoms with Gasteiger partial charge in [-0.2, -0.15) is 11.8 Å². The van der Waals surface area contributed by atoms with Crippen molar-refractivity contribution < 1.29 is 0 Å². The summed E-state index contributed by atoms with van der Waals surface area (Å²) in [5.41, 5.74) is 6.58. The second kappa shape index (κ2) is 6.38. The minimum atomic E-state index is 0.405. The summed E-state index contributed by atoms with van der Waals surface area (Å²) in [5.74, 6) is 0.830. The molecule has 1 aliphatic carbocycles. The third-order valence-corrected chi connectivity index (χ3v) is 4.79. The Balaban J connectivity index is 2.15. The van der Waals surface area contributed by atoms with Crippen molar-refractivity contribution in [2.45, 2.75) is 37.0 Å². The number of anilines is 1. The number of aromatic nitrogens is 1. The van der Waals surface area contributed by atoms with Gasteiger partial charge < -0.3 is 11.1 Å². The molecule has 0 aromatic carbocycles. The van der Waals surface area contributed by atoms with Crippen molar-refractivity contribution >= 4 is 34.8 Å². The number of thiocarbonyl (C=S) groups is 1. The van der Waals surface area contributed by atoms with E-state index in [1.807, 2.05) is 23.9 Å². The van der Waals surface area contributed by atoms with Gasteiger partial charge in [0.2, 0.25) is 0 Å². The molecule has 0 saturated heterocycles. The second-order valence-corrected chi connectivity index (χ2v) is 6.09. The van der Waals surface area contributed by atoms with Gasteiger partial charge >= 0.3 is 0 Å². The lowest BCUT2D eigenvalue weighted by Gasteiger charge is -2.31. The SMILES string of the molecule is CSC1CCCCC1Nc1ncccc1C(N)=S. The minimum Gasteiger partial charge on any atom is -0.389 e. The summed E-state index contributed by atoms with van der Waals surface area (Å²) in [6.07, 6.45) is 9.03. The molecule has 3 N–H and O–H groups in total. The van der Waals surface area contributed by atoms with Crippen molar-refractivity contribution in [1.82, 2.24) is 4.98 Å². The molecule has 1 aromatic rings. The Bertz CT molecular complexity index is 422. The summed E-state index contributed by atoms with van der Waals surface area (Å²) in [4.78, 5) is 4.78. The lowest BCUT2D eigenvalue weighted by atomic mass is 9.94. The standard InChI is InChI=1S/C13H19N3S2/c1-18-11-7-3-2-6-10(11)16-13-9(12(14)17)5-4-8-15-13/h4-5,8,10-11H,2-3,6-7H2,1H3,(H2,14,17)(H,15,16). The molecule has 2 rings (SSSR count). The molecule has 5 heteroatoms. The Morgan fingerprint density at radius 1 is 1.50 bits per heavy atom. The number of pyridine rings is 1. The number of nitrogens with zero attached hydrogens (tertiary/aromatic N) is 1. The molecule has 18 heavy (non-hydrogen) atoms. The van der Waals surface area contributed by atoms with Crippen LogP contribution in [-0.2, 0) is 0 Å². The topological polar surface area (TPSA) is 50.9 Å². The maximum absolute atomic E-state index is 5.73. The highest BCUT2D eigenvalue weighted by Gasteiger charge is 2.25. The first kappa shape index (κ1) is 13.6. The number of hydrogen-bond acceptors (Lipinski definition) is 4. The molecular formula is C13H19N3S2. The van der Waals surface area contributed by atoms with Crippen LogP contribution in [-0.4, -0.2) is 27.5 Å². The quantitative estimate of drug-likeness (QED) is 0.831. The molecule has 0 aliphatic heterocycles. The summed E-state index contributed by atoms with van der Waals surface area (Å²) in [5, 5.41) is 4.19. The Morgan fingerprint density at radius 2 is 2.28 bits per heavy atom. The summed E-state index contributed by atoms with van der Waals surface area (Å²) >= 11 is 7.00. The van der Waals surface area contributed by atoms with Gasteiger partial charge in [-0.25, -0.2) is 4.98 Å². The first-order chi connectivity index (χ1) is 8.72. The van der Waals surface area contributed by atoms with E-state index in [-0.39, 0.29) is 0 Å². The normalized spacial score (nSPS) is 23.6. The molecule has 98 valence electrons. The zero-order chi connectivity index (χ0) is 13.0. The fraction of sp³-hybridized carbons (Fsp3) is 0.538. The van der Waals surface area contributed by atoms with Crippen LogP contribution in [0.2, 0.25) is 0 Å². The van der Waals surface area contributed by atoms with Gasteiger partial charge in [0.1, 0.15) is 10.8 Å². The summed E-state index contributed by atoms with van der Waals surface area (Å²) < 4.78 is 0. The van der Waals surface area contributed by atoms with Crippen molar-refractivity contribution in [1.29, 1.82) is 0 Å². The monoisotopic (exact) mass is 281 g/mol. The first-order valence-electron chi connectivity index (χ1n) is 6.26. The molecule has 0 radical (unpaired) electrons. The lowest BCUT2D eigenvalue weighted by molar-refractivity contribution is 0.474. The van der Waals surface area contributed by atoms with Crippen molar-refractivity contribution in [2.75, 3.05) is 11.6 Å². The van der Waals surface area contributed by atoms with Crippen LogP contribution in [0.3, 0.4) is 0 Å². The van der Waals surface area contributed by atoms with E-state index in [1.54, 1.807) is 6.20 Å². The van der Waals surface area contributed by atoms with Crippen LogP contribution in [0.4, 0.5) is 5.82 Å². The summed E-state index contributed by atoms with van der Waals surface area (Å²) in [7, 11) is 0. The van der Waals surface area contributed by atoms with Crippen LogP contribution in [0, 0.1) is 0 Å². The number of nitrogens with one attached hydrogen (secondary N) is 1. The Kier molecular flexibility index (Phi) is 4.83. The van der Waals surface area contributed by atoms with E-state index < -0.39 is 0 Å². The first-order valence-corrected chi connectivity index (χ1v) is 7.96. The Labute approximate surface area is 118 Å². The molecular weight excluding hydrogens is 262 g/mol. The van der Waals surface area contributed by atoms with Crippen LogP contribution < -0.4 is 11.1 Å². The summed E-state index contributed by atoms with van der Waals surface area (Å²) in [6, 6.07) is 4.26. The van der Waals surface area contributed by atoms with Crippen molar-refractivity contribution in [3.05, 3.63) is 23.9 Å².